The van der Waals surface area contributed by atoms with E-state index >= 15 is 0 Å². The molecule has 0 spiro atoms. The zero-order valence-corrected chi connectivity index (χ0v) is 11.1. The smallest absolute Gasteiger partial charge is 0.151 e. The lowest BCUT2D eigenvalue weighted by Crippen LogP contribution is -2.26. The van der Waals surface area contributed by atoms with E-state index in [0.29, 0.717) is 0 Å². The predicted octanol–water partition coefficient (Wildman–Crippen LogP) is 1.96. The van der Waals surface area contributed by atoms with Gasteiger partial charge in [-0.05, 0) is 50.7 Å². The van der Waals surface area contributed by atoms with Gasteiger partial charge in [-0.15, -0.1) is 5.10 Å². The SMILES string of the molecule is CCN(CC1CC1)c1ccc(CNC2CC2)nn1. The molecule has 2 fully saturated rings. The standard InChI is InChI=1S/C14H22N4/c1-2-18(10-11-3-4-11)14-8-7-13(16-17-14)9-15-12-5-6-12/h7-8,11-12,15H,2-6,9-10H2,1H3. The van der Waals surface area contributed by atoms with Crippen molar-refractivity contribution in [3.63, 3.8) is 0 Å². The van der Waals surface area contributed by atoms with E-state index in [0.717, 1.165) is 43.1 Å². The fraction of sp³-hybridized carbons (Fsp3) is 0.714. The third-order valence-electron chi connectivity index (χ3n) is 3.74. The first-order chi connectivity index (χ1) is 8.85. The van der Waals surface area contributed by atoms with Crippen LogP contribution in [0.15, 0.2) is 12.1 Å². The molecule has 0 radical (unpaired) electrons. The quantitative estimate of drug-likeness (QED) is 0.798. The Kier molecular flexibility index (Phi) is 3.46. The molecule has 0 saturated heterocycles. The van der Waals surface area contributed by atoms with Crippen LogP contribution in [0.25, 0.3) is 0 Å². The van der Waals surface area contributed by atoms with Crippen LogP contribution in [-0.2, 0) is 6.54 Å². The van der Waals surface area contributed by atoms with E-state index in [1.165, 1.54) is 25.7 Å². The third kappa shape index (κ3) is 3.19. The van der Waals surface area contributed by atoms with Crippen molar-refractivity contribution in [3.05, 3.63) is 17.8 Å². The molecule has 2 aliphatic rings. The first-order valence-electron chi connectivity index (χ1n) is 7.16. The van der Waals surface area contributed by atoms with Crippen LogP contribution >= 0.6 is 0 Å². The number of nitrogens with one attached hydrogen (secondary N) is 1. The maximum absolute atomic E-state index is 4.36. The average molecular weight is 246 g/mol. The summed E-state index contributed by atoms with van der Waals surface area (Å²) in [7, 11) is 0. The second kappa shape index (κ2) is 5.22. The van der Waals surface area contributed by atoms with Crippen molar-refractivity contribution < 1.29 is 0 Å². The highest BCUT2D eigenvalue weighted by Crippen LogP contribution is 2.30. The summed E-state index contributed by atoms with van der Waals surface area (Å²) in [6.07, 6.45) is 5.40. The number of rotatable bonds is 7. The van der Waals surface area contributed by atoms with E-state index in [4.69, 9.17) is 0 Å². The molecular formula is C14H22N4. The second-order valence-corrected chi connectivity index (χ2v) is 5.52. The topological polar surface area (TPSA) is 41.0 Å². The molecule has 1 aromatic rings. The average Bonchev–Trinajstić information content (AvgIpc) is 3.28. The summed E-state index contributed by atoms with van der Waals surface area (Å²) >= 11 is 0. The van der Waals surface area contributed by atoms with Gasteiger partial charge in [0.1, 0.15) is 0 Å². The largest absolute Gasteiger partial charge is 0.355 e. The summed E-state index contributed by atoms with van der Waals surface area (Å²) in [6, 6.07) is 4.95. The van der Waals surface area contributed by atoms with E-state index in [2.05, 4.69) is 39.5 Å². The maximum atomic E-state index is 4.36. The van der Waals surface area contributed by atoms with Crippen molar-refractivity contribution in [2.45, 2.75) is 45.2 Å². The van der Waals surface area contributed by atoms with E-state index in [1.54, 1.807) is 0 Å². The van der Waals surface area contributed by atoms with Crippen molar-refractivity contribution in [3.8, 4) is 0 Å². The van der Waals surface area contributed by atoms with E-state index in [-0.39, 0.29) is 0 Å². The highest BCUT2D eigenvalue weighted by Gasteiger charge is 2.24. The van der Waals surface area contributed by atoms with Crippen LogP contribution in [0.1, 0.15) is 38.3 Å². The molecule has 0 aliphatic heterocycles. The van der Waals surface area contributed by atoms with Gasteiger partial charge in [-0.1, -0.05) is 0 Å². The Balaban J connectivity index is 1.57. The van der Waals surface area contributed by atoms with Crippen molar-refractivity contribution >= 4 is 5.82 Å². The monoisotopic (exact) mass is 246 g/mol. The molecule has 98 valence electrons. The second-order valence-electron chi connectivity index (χ2n) is 5.52. The predicted molar refractivity (Wildman–Crippen MR) is 72.5 cm³/mol. The summed E-state index contributed by atoms with van der Waals surface area (Å²) in [5.74, 6) is 1.92. The minimum atomic E-state index is 0.730. The molecule has 0 amide bonds. The van der Waals surface area contributed by atoms with Crippen LogP contribution < -0.4 is 10.2 Å². The van der Waals surface area contributed by atoms with Crippen molar-refractivity contribution in [2.75, 3.05) is 18.0 Å². The van der Waals surface area contributed by atoms with Crippen LogP contribution in [0.4, 0.5) is 5.82 Å². The molecule has 0 unspecified atom stereocenters. The molecule has 1 aromatic heterocycles. The van der Waals surface area contributed by atoms with Gasteiger partial charge >= 0.3 is 0 Å². The fourth-order valence-corrected chi connectivity index (χ4v) is 2.15. The number of hydrogen-bond acceptors (Lipinski definition) is 4. The normalized spacial score (nSPS) is 18.9. The van der Waals surface area contributed by atoms with Crippen molar-refractivity contribution in [1.29, 1.82) is 0 Å². The summed E-state index contributed by atoms with van der Waals surface area (Å²) in [5, 5.41) is 12.1. The summed E-state index contributed by atoms with van der Waals surface area (Å²) < 4.78 is 0. The van der Waals surface area contributed by atoms with E-state index in [9.17, 15) is 0 Å². The maximum Gasteiger partial charge on any atom is 0.151 e. The third-order valence-corrected chi connectivity index (χ3v) is 3.74. The van der Waals surface area contributed by atoms with Gasteiger partial charge in [0.15, 0.2) is 5.82 Å². The number of anilines is 1. The van der Waals surface area contributed by atoms with Gasteiger partial charge < -0.3 is 10.2 Å². The summed E-state index contributed by atoms with van der Waals surface area (Å²) in [4.78, 5) is 2.34. The van der Waals surface area contributed by atoms with Crippen LogP contribution in [0.2, 0.25) is 0 Å². The molecule has 2 aliphatic carbocycles. The van der Waals surface area contributed by atoms with Crippen LogP contribution in [0.5, 0.6) is 0 Å². The highest BCUT2D eigenvalue weighted by molar-refractivity contribution is 5.37. The summed E-state index contributed by atoms with van der Waals surface area (Å²) in [6.45, 7) is 5.20. The first-order valence-corrected chi connectivity index (χ1v) is 7.16. The summed E-state index contributed by atoms with van der Waals surface area (Å²) in [5.41, 5.74) is 1.05. The van der Waals surface area contributed by atoms with Crippen LogP contribution in [0.3, 0.4) is 0 Å². The molecule has 4 heteroatoms. The van der Waals surface area contributed by atoms with Gasteiger partial charge in [-0.25, -0.2) is 0 Å². The lowest BCUT2D eigenvalue weighted by atomic mass is 10.3. The molecule has 2 saturated carbocycles. The highest BCUT2D eigenvalue weighted by atomic mass is 15.3. The molecule has 3 rings (SSSR count). The lowest BCUT2D eigenvalue weighted by molar-refractivity contribution is 0.660. The van der Waals surface area contributed by atoms with Gasteiger partial charge in [-0.2, -0.15) is 5.10 Å². The Hall–Kier alpha value is -1.16. The van der Waals surface area contributed by atoms with Gasteiger partial charge in [0.25, 0.3) is 0 Å². The lowest BCUT2D eigenvalue weighted by Gasteiger charge is -2.21. The van der Waals surface area contributed by atoms with E-state index in [1.807, 2.05) is 0 Å². The Labute approximate surface area is 109 Å². The van der Waals surface area contributed by atoms with Gasteiger partial charge in [0.05, 0.1) is 5.69 Å². The van der Waals surface area contributed by atoms with Gasteiger partial charge in [0, 0.05) is 25.7 Å². The van der Waals surface area contributed by atoms with E-state index < -0.39 is 0 Å². The molecule has 1 heterocycles. The number of aromatic nitrogens is 2. The Morgan fingerprint density at radius 1 is 1.22 bits per heavy atom. The molecular weight excluding hydrogens is 224 g/mol. The molecule has 1 N–H and O–H groups in total. The first kappa shape index (κ1) is 11.9. The number of hydrogen-bond donors (Lipinski definition) is 1. The Bertz CT molecular complexity index is 381. The van der Waals surface area contributed by atoms with Gasteiger partial charge in [-0.3, -0.25) is 0 Å². The molecule has 0 aromatic carbocycles. The van der Waals surface area contributed by atoms with Gasteiger partial charge in [0.2, 0.25) is 0 Å². The van der Waals surface area contributed by atoms with Crippen LogP contribution in [-0.4, -0.2) is 29.3 Å². The minimum absolute atomic E-state index is 0.730. The van der Waals surface area contributed by atoms with Crippen LogP contribution in [0, 0.1) is 5.92 Å². The van der Waals surface area contributed by atoms with Crippen molar-refractivity contribution in [1.82, 2.24) is 15.5 Å². The molecule has 18 heavy (non-hydrogen) atoms. The fourth-order valence-electron chi connectivity index (χ4n) is 2.15. The molecule has 4 nitrogen and oxygen atoms in total. The number of nitrogens with zero attached hydrogens (tertiary/aromatic N) is 3. The zero-order valence-electron chi connectivity index (χ0n) is 11.1. The minimum Gasteiger partial charge on any atom is -0.355 e. The zero-order chi connectivity index (χ0) is 12.4. The van der Waals surface area contributed by atoms with Crippen molar-refractivity contribution in [2.24, 2.45) is 5.92 Å². The molecule has 0 bridgehead atoms. The Morgan fingerprint density at radius 2 is 2.06 bits per heavy atom. The molecule has 0 atom stereocenters. The Morgan fingerprint density at radius 3 is 2.61 bits per heavy atom.